The number of amides is 1. The lowest BCUT2D eigenvalue weighted by Gasteiger charge is -2.15. The second kappa shape index (κ2) is 5.58. The molecule has 104 valence electrons. The van der Waals surface area contributed by atoms with Gasteiger partial charge in [-0.05, 0) is 24.6 Å². The van der Waals surface area contributed by atoms with Gasteiger partial charge in [0.2, 0.25) is 0 Å². The van der Waals surface area contributed by atoms with Gasteiger partial charge in [0, 0.05) is 36.3 Å². The van der Waals surface area contributed by atoms with E-state index in [4.69, 9.17) is 0 Å². The maximum Gasteiger partial charge on any atom is 0.251 e. The number of halogens is 1. The number of aromatic nitrogens is 1. The smallest absolute Gasteiger partial charge is 0.251 e. The summed E-state index contributed by atoms with van der Waals surface area (Å²) in [6.07, 6.45) is 2.65. The van der Waals surface area contributed by atoms with Crippen molar-refractivity contribution in [3.8, 4) is 0 Å². The lowest BCUT2D eigenvalue weighted by atomic mass is 10.2. The summed E-state index contributed by atoms with van der Waals surface area (Å²) in [7, 11) is 0. The highest BCUT2D eigenvalue weighted by Crippen LogP contribution is 2.22. The van der Waals surface area contributed by atoms with Gasteiger partial charge in [0.1, 0.15) is 5.82 Å². The molecule has 4 nitrogen and oxygen atoms in total. The summed E-state index contributed by atoms with van der Waals surface area (Å²) in [4.78, 5) is 18.5. The molecule has 3 rings (SSSR count). The van der Waals surface area contributed by atoms with Crippen molar-refractivity contribution in [3.05, 3.63) is 47.2 Å². The van der Waals surface area contributed by atoms with Crippen molar-refractivity contribution in [1.29, 1.82) is 0 Å². The largest absolute Gasteiger partial charge is 0.347 e. The van der Waals surface area contributed by atoms with Crippen molar-refractivity contribution < 1.29 is 9.18 Å². The summed E-state index contributed by atoms with van der Waals surface area (Å²) in [5, 5.41) is 5.86. The van der Waals surface area contributed by atoms with Crippen LogP contribution < -0.4 is 10.2 Å². The van der Waals surface area contributed by atoms with E-state index in [2.05, 4.69) is 15.2 Å². The van der Waals surface area contributed by atoms with Crippen molar-refractivity contribution >= 4 is 22.4 Å². The SMILES string of the molecule is O=C(N[C@@H]1CCN(c2nccs2)C1)c1cccc(F)c1. The zero-order valence-electron chi connectivity index (χ0n) is 10.8. The monoisotopic (exact) mass is 291 g/mol. The maximum atomic E-state index is 13.1. The van der Waals surface area contributed by atoms with Gasteiger partial charge in [-0.2, -0.15) is 0 Å². The number of benzene rings is 1. The molecule has 0 saturated carbocycles. The number of hydrogen-bond donors (Lipinski definition) is 1. The molecule has 1 saturated heterocycles. The average molecular weight is 291 g/mol. The minimum Gasteiger partial charge on any atom is -0.347 e. The Morgan fingerprint density at radius 3 is 3.15 bits per heavy atom. The van der Waals surface area contributed by atoms with Gasteiger partial charge in [0.05, 0.1) is 0 Å². The maximum absolute atomic E-state index is 13.1. The molecular formula is C14H14FN3OS. The Morgan fingerprint density at radius 2 is 2.40 bits per heavy atom. The molecule has 1 N–H and O–H groups in total. The summed E-state index contributed by atoms with van der Waals surface area (Å²) in [6.45, 7) is 1.62. The van der Waals surface area contributed by atoms with E-state index in [0.29, 0.717) is 5.56 Å². The Labute approximate surface area is 120 Å². The molecule has 0 unspecified atom stereocenters. The molecular weight excluding hydrogens is 277 g/mol. The van der Waals surface area contributed by atoms with E-state index in [1.807, 2.05) is 5.38 Å². The summed E-state index contributed by atoms with van der Waals surface area (Å²) in [5.74, 6) is -0.621. The third-order valence-corrected chi connectivity index (χ3v) is 4.13. The topological polar surface area (TPSA) is 45.2 Å². The molecule has 0 radical (unpaired) electrons. The van der Waals surface area contributed by atoms with Crippen molar-refractivity contribution in [2.75, 3.05) is 18.0 Å². The Balaban J connectivity index is 1.61. The normalized spacial score (nSPS) is 18.2. The Bertz CT molecular complexity index is 602. The van der Waals surface area contributed by atoms with Crippen molar-refractivity contribution in [2.24, 2.45) is 0 Å². The molecule has 0 aliphatic carbocycles. The predicted molar refractivity (Wildman–Crippen MR) is 76.6 cm³/mol. The fourth-order valence-electron chi connectivity index (χ4n) is 2.32. The van der Waals surface area contributed by atoms with E-state index in [1.54, 1.807) is 29.7 Å². The molecule has 2 heterocycles. The summed E-state index contributed by atoms with van der Waals surface area (Å²) in [6, 6.07) is 5.82. The van der Waals surface area contributed by atoms with Crippen LogP contribution in [0.5, 0.6) is 0 Å². The fraction of sp³-hybridized carbons (Fsp3) is 0.286. The zero-order chi connectivity index (χ0) is 13.9. The molecule has 1 aromatic carbocycles. The molecule has 2 aromatic rings. The predicted octanol–water partition coefficient (Wildman–Crippen LogP) is 2.29. The first-order valence-electron chi connectivity index (χ1n) is 6.43. The number of carbonyl (C=O) groups excluding carboxylic acids is 1. The summed E-state index contributed by atoms with van der Waals surface area (Å²) in [5.41, 5.74) is 0.359. The van der Waals surface area contributed by atoms with Crippen LogP contribution in [0.4, 0.5) is 9.52 Å². The van der Waals surface area contributed by atoms with E-state index in [-0.39, 0.29) is 11.9 Å². The number of nitrogens with zero attached hydrogens (tertiary/aromatic N) is 2. The zero-order valence-corrected chi connectivity index (χ0v) is 11.6. The molecule has 1 atom stereocenters. The molecule has 1 aliphatic rings. The van der Waals surface area contributed by atoms with E-state index in [9.17, 15) is 9.18 Å². The Hall–Kier alpha value is -1.95. The van der Waals surface area contributed by atoms with Crippen LogP contribution >= 0.6 is 11.3 Å². The first-order valence-corrected chi connectivity index (χ1v) is 7.31. The quantitative estimate of drug-likeness (QED) is 0.943. The van der Waals surface area contributed by atoms with Crippen molar-refractivity contribution in [3.63, 3.8) is 0 Å². The van der Waals surface area contributed by atoms with E-state index in [1.165, 1.54) is 12.1 Å². The van der Waals surface area contributed by atoms with Gasteiger partial charge in [-0.3, -0.25) is 4.79 Å². The average Bonchev–Trinajstić information content (AvgIpc) is 3.08. The fourth-order valence-corrected chi connectivity index (χ4v) is 3.00. The van der Waals surface area contributed by atoms with E-state index in [0.717, 1.165) is 24.6 Å². The number of hydrogen-bond acceptors (Lipinski definition) is 4. The highest BCUT2D eigenvalue weighted by molar-refractivity contribution is 7.13. The third kappa shape index (κ3) is 2.80. The molecule has 0 spiro atoms. The van der Waals surface area contributed by atoms with Crippen LogP contribution in [0.3, 0.4) is 0 Å². The number of anilines is 1. The molecule has 1 aliphatic heterocycles. The minimum atomic E-state index is -0.395. The summed E-state index contributed by atoms with van der Waals surface area (Å²) < 4.78 is 13.1. The van der Waals surface area contributed by atoms with Crippen molar-refractivity contribution in [1.82, 2.24) is 10.3 Å². The molecule has 1 fully saturated rings. The number of carbonyl (C=O) groups is 1. The van der Waals surface area contributed by atoms with E-state index >= 15 is 0 Å². The van der Waals surface area contributed by atoms with Gasteiger partial charge < -0.3 is 10.2 Å². The highest BCUT2D eigenvalue weighted by Gasteiger charge is 2.25. The molecule has 6 heteroatoms. The lowest BCUT2D eigenvalue weighted by Crippen LogP contribution is -2.37. The van der Waals surface area contributed by atoms with Gasteiger partial charge >= 0.3 is 0 Å². The van der Waals surface area contributed by atoms with Gasteiger partial charge in [0.15, 0.2) is 5.13 Å². The van der Waals surface area contributed by atoms with Crippen LogP contribution in [0.15, 0.2) is 35.8 Å². The lowest BCUT2D eigenvalue weighted by molar-refractivity contribution is 0.0940. The van der Waals surface area contributed by atoms with Crippen LogP contribution in [0.25, 0.3) is 0 Å². The van der Waals surface area contributed by atoms with Crippen molar-refractivity contribution in [2.45, 2.75) is 12.5 Å². The van der Waals surface area contributed by atoms with Crippen LogP contribution in [0, 0.1) is 5.82 Å². The number of nitrogens with one attached hydrogen (secondary N) is 1. The number of rotatable bonds is 3. The summed E-state index contributed by atoms with van der Waals surface area (Å²) >= 11 is 1.59. The second-order valence-electron chi connectivity index (χ2n) is 4.73. The van der Waals surface area contributed by atoms with Gasteiger partial charge in [-0.1, -0.05) is 6.07 Å². The third-order valence-electron chi connectivity index (χ3n) is 3.30. The van der Waals surface area contributed by atoms with Gasteiger partial charge in [-0.15, -0.1) is 11.3 Å². The van der Waals surface area contributed by atoms with E-state index < -0.39 is 5.82 Å². The number of thiazole rings is 1. The highest BCUT2D eigenvalue weighted by atomic mass is 32.1. The Kier molecular flexibility index (Phi) is 3.64. The van der Waals surface area contributed by atoms with Crippen LogP contribution in [-0.4, -0.2) is 30.0 Å². The molecule has 1 aromatic heterocycles. The minimum absolute atomic E-state index is 0.0784. The Morgan fingerprint density at radius 1 is 1.50 bits per heavy atom. The van der Waals surface area contributed by atoms with Gasteiger partial charge in [0.25, 0.3) is 5.91 Å². The molecule has 20 heavy (non-hydrogen) atoms. The van der Waals surface area contributed by atoms with Crippen LogP contribution in [0.2, 0.25) is 0 Å². The van der Waals surface area contributed by atoms with Crippen LogP contribution in [-0.2, 0) is 0 Å². The standard InChI is InChI=1S/C14H14FN3OS/c15-11-3-1-2-10(8-11)13(19)17-12-4-6-18(9-12)14-16-5-7-20-14/h1-3,5,7-8,12H,4,6,9H2,(H,17,19)/t12-/m1/s1. The van der Waals surface area contributed by atoms with Crippen LogP contribution in [0.1, 0.15) is 16.8 Å². The first-order chi connectivity index (χ1) is 9.72. The first kappa shape index (κ1) is 13.1. The molecule has 0 bridgehead atoms. The molecule has 1 amide bonds. The van der Waals surface area contributed by atoms with Gasteiger partial charge in [-0.25, -0.2) is 9.37 Å². The second-order valence-corrected chi connectivity index (χ2v) is 5.60.